The molecule has 1 saturated carbocycles. The molecule has 0 radical (unpaired) electrons. The van der Waals surface area contributed by atoms with Crippen molar-refractivity contribution >= 4 is 27.5 Å². The number of nitrogens with zero attached hydrogens (tertiary/aromatic N) is 2. The predicted octanol–water partition coefficient (Wildman–Crippen LogP) is 5.11. The predicted molar refractivity (Wildman–Crippen MR) is 171 cm³/mol. The molecule has 230 valence electrons. The summed E-state index contributed by atoms with van der Waals surface area (Å²) in [6, 6.07) is 23.4. The highest BCUT2D eigenvalue weighted by Gasteiger charge is 2.34. The Bertz CT molecular complexity index is 1470. The van der Waals surface area contributed by atoms with E-state index in [1.54, 1.807) is 19.2 Å². The smallest absolute Gasteiger partial charge is 0.244 e. The van der Waals surface area contributed by atoms with Crippen molar-refractivity contribution in [2.24, 2.45) is 0 Å². The second-order valence-electron chi connectivity index (χ2n) is 11.2. The van der Waals surface area contributed by atoms with Crippen LogP contribution in [0.5, 0.6) is 5.75 Å². The number of nitrogens with one attached hydrogen (secondary N) is 1. The van der Waals surface area contributed by atoms with E-state index < -0.39 is 28.5 Å². The van der Waals surface area contributed by atoms with Crippen molar-refractivity contribution in [3.8, 4) is 5.75 Å². The van der Waals surface area contributed by atoms with Crippen molar-refractivity contribution in [2.75, 3.05) is 24.2 Å². The van der Waals surface area contributed by atoms with Gasteiger partial charge in [-0.3, -0.25) is 13.9 Å². The largest absolute Gasteiger partial charge is 0.497 e. The van der Waals surface area contributed by atoms with E-state index in [0.717, 1.165) is 59.4 Å². The molecule has 1 aliphatic carbocycles. The average molecular weight is 606 g/mol. The molecule has 3 aromatic rings. The van der Waals surface area contributed by atoms with Crippen LogP contribution >= 0.6 is 0 Å². The molecule has 1 N–H and O–H groups in total. The molecule has 0 heterocycles. The summed E-state index contributed by atoms with van der Waals surface area (Å²) in [6.07, 6.45) is 7.08. The molecular weight excluding hydrogens is 562 g/mol. The first-order valence-corrected chi connectivity index (χ1v) is 16.9. The third kappa shape index (κ3) is 8.83. The highest BCUT2D eigenvalue weighted by atomic mass is 32.2. The number of hydrogen-bond acceptors (Lipinski definition) is 5. The molecule has 1 aliphatic rings. The van der Waals surface area contributed by atoms with Gasteiger partial charge in [-0.25, -0.2) is 8.42 Å². The summed E-state index contributed by atoms with van der Waals surface area (Å²) in [6.45, 7) is 1.63. The van der Waals surface area contributed by atoms with E-state index in [-0.39, 0.29) is 18.5 Å². The van der Waals surface area contributed by atoms with Gasteiger partial charge >= 0.3 is 0 Å². The number of amides is 2. The zero-order valence-electron chi connectivity index (χ0n) is 25.4. The number of methoxy groups -OCH3 is 1. The third-order valence-electron chi connectivity index (χ3n) is 8.03. The van der Waals surface area contributed by atoms with Crippen LogP contribution in [0.3, 0.4) is 0 Å². The SMILES string of the molecule is CCc1ccccc1N(CC(=O)N(Cc1cccc(OC)c1)[C@@H](Cc1ccccc1)C(=O)NC1CCCCC1)S(C)(=O)=O. The van der Waals surface area contributed by atoms with Crippen LogP contribution in [-0.4, -0.2) is 57.1 Å². The first-order chi connectivity index (χ1) is 20.7. The van der Waals surface area contributed by atoms with Gasteiger partial charge in [-0.15, -0.1) is 0 Å². The molecule has 0 bridgehead atoms. The fourth-order valence-electron chi connectivity index (χ4n) is 5.71. The first kappa shape index (κ1) is 32.1. The molecule has 43 heavy (non-hydrogen) atoms. The number of anilines is 1. The minimum absolute atomic E-state index is 0.0530. The Hall–Kier alpha value is -3.85. The van der Waals surface area contributed by atoms with Gasteiger partial charge in [0.1, 0.15) is 18.3 Å². The second-order valence-corrected chi connectivity index (χ2v) is 13.1. The number of benzene rings is 3. The molecule has 1 fully saturated rings. The van der Waals surface area contributed by atoms with Gasteiger partial charge in [-0.05, 0) is 54.2 Å². The highest BCUT2D eigenvalue weighted by Crippen LogP contribution is 2.25. The molecule has 0 spiro atoms. The summed E-state index contributed by atoms with van der Waals surface area (Å²) in [5.41, 5.74) is 2.96. The Morgan fingerprint density at radius 2 is 1.60 bits per heavy atom. The lowest BCUT2D eigenvalue weighted by Crippen LogP contribution is -2.55. The van der Waals surface area contributed by atoms with Crippen LogP contribution in [0.2, 0.25) is 0 Å². The van der Waals surface area contributed by atoms with Gasteiger partial charge in [0.2, 0.25) is 21.8 Å². The van der Waals surface area contributed by atoms with Crippen molar-refractivity contribution in [3.05, 3.63) is 95.6 Å². The Labute approximate surface area is 256 Å². The van der Waals surface area contributed by atoms with E-state index in [1.807, 2.05) is 73.7 Å². The number of sulfonamides is 1. The van der Waals surface area contributed by atoms with E-state index in [9.17, 15) is 18.0 Å². The van der Waals surface area contributed by atoms with Crippen LogP contribution < -0.4 is 14.4 Å². The summed E-state index contributed by atoms with van der Waals surface area (Å²) in [5.74, 6) is -0.0588. The maximum atomic E-state index is 14.4. The monoisotopic (exact) mass is 605 g/mol. The zero-order chi connectivity index (χ0) is 30.8. The number of rotatable bonds is 13. The molecule has 9 heteroatoms. The third-order valence-corrected chi connectivity index (χ3v) is 9.16. The zero-order valence-corrected chi connectivity index (χ0v) is 26.2. The molecule has 0 saturated heterocycles. The van der Waals surface area contributed by atoms with Crippen LogP contribution in [0.25, 0.3) is 0 Å². The summed E-state index contributed by atoms with van der Waals surface area (Å²) in [5, 5.41) is 3.23. The lowest BCUT2D eigenvalue weighted by molar-refractivity contribution is -0.140. The molecule has 4 rings (SSSR count). The van der Waals surface area contributed by atoms with E-state index in [0.29, 0.717) is 24.3 Å². The molecule has 3 aromatic carbocycles. The Balaban J connectivity index is 1.75. The molecule has 1 atom stereocenters. The Morgan fingerprint density at radius 3 is 2.28 bits per heavy atom. The van der Waals surface area contributed by atoms with Crippen LogP contribution in [0.4, 0.5) is 5.69 Å². The van der Waals surface area contributed by atoms with Crippen LogP contribution in [0.15, 0.2) is 78.9 Å². The summed E-state index contributed by atoms with van der Waals surface area (Å²) in [4.78, 5) is 30.0. The van der Waals surface area contributed by atoms with Crippen molar-refractivity contribution in [2.45, 2.75) is 70.5 Å². The van der Waals surface area contributed by atoms with E-state index in [4.69, 9.17) is 4.74 Å². The molecule has 0 aromatic heterocycles. The minimum atomic E-state index is -3.82. The quantitative estimate of drug-likeness (QED) is 0.292. The minimum Gasteiger partial charge on any atom is -0.497 e. The van der Waals surface area contributed by atoms with Gasteiger partial charge in [-0.2, -0.15) is 0 Å². The topological polar surface area (TPSA) is 96.0 Å². The molecule has 0 unspecified atom stereocenters. The van der Waals surface area contributed by atoms with Gasteiger partial charge in [0.25, 0.3) is 0 Å². The number of carbonyl (C=O) groups is 2. The van der Waals surface area contributed by atoms with Crippen molar-refractivity contribution < 1.29 is 22.7 Å². The first-order valence-electron chi connectivity index (χ1n) is 15.0. The van der Waals surface area contributed by atoms with Gasteiger partial charge < -0.3 is 15.0 Å². The molecular formula is C34H43N3O5S. The maximum absolute atomic E-state index is 14.4. The van der Waals surface area contributed by atoms with Gasteiger partial charge in [0.05, 0.1) is 19.1 Å². The highest BCUT2D eigenvalue weighted by molar-refractivity contribution is 7.92. The second kappa shape index (κ2) is 15.0. The van der Waals surface area contributed by atoms with Crippen molar-refractivity contribution in [1.29, 1.82) is 0 Å². The summed E-state index contributed by atoms with van der Waals surface area (Å²) >= 11 is 0. The Kier molecular flexibility index (Phi) is 11.2. The standard InChI is InChI=1S/C34H43N3O5S/c1-4-28-17-11-12-21-31(28)37(43(3,40)41)25-33(38)36(24-27-16-13-20-30(22-27)42-2)32(23-26-14-7-5-8-15-26)34(39)35-29-18-9-6-10-19-29/h5,7-8,11-17,20-22,29,32H,4,6,9-10,18-19,23-25H2,1-3H3,(H,35,39)/t32-/m0/s1. The van der Waals surface area contributed by atoms with Gasteiger partial charge in [0, 0.05) is 19.0 Å². The average Bonchev–Trinajstić information content (AvgIpc) is 3.02. The van der Waals surface area contributed by atoms with Gasteiger partial charge in [-0.1, -0.05) is 86.8 Å². The lowest BCUT2D eigenvalue weighted by Gasteiger charge is -2.35. The molecule has 8 nitrogen and oxygen atoms in total. The normalized spacial score (nSPS) is 14.5. The fourth-order valence-corrected chi connectivity index (χ4v) is 6.59. The lowest BCUT2D eigenvalue weighted by atomic mass is 9.94. The number of carbonyl (C=O) groups excluding carboxylic acids is 2. The molecule has 0 aliphatic heterocycles. The number of hydrogen-bond donors (Lipinski definition) is 1. The Morgan fingerprint density at radius 1 is 0.930 bits per heavy atom. The van der Waals surface area contributed by atoms with Crippen LogP contribution in [-0.2, 0) is 39.0 Å². The summed E-state index contributed by atoms with van der Waals surface area (Å²) in [7, 11) is -2.25. The molecule has 2 amide bonds. The summed E-state index contributed by atoms with van der Waals surface area (Å²) < 4.78 is 32.8. The van der Waals surface area contributed by atoms with Crippen molar-refractivity contribution in [3.63, 3.8) is 0 Å². The number of ether oxygens (including phenoxy) is 1. The number of aryl methyl sites for hydroxylation is 1. The van der Waals surface area contributed by atoms with E-state index in [1.165, 1.54) is 4.90 Å². The van der Waals surface area contributed by atoms with Gasteiger partial charge in [0.15, 0.2) is 0 Å². The van der Waals surface area contributed by atoms with E-state index in [2.05, 4.69) is 5.32 Å². The van der Waals surface area contributed by atoms with Crippen molar-refractivity contribution in [1.82, 2.24) is 10.2 Å². The van der Waals surface area contributed by atoms with E-state index >= 15 is 0 Å². The maximum Gasteiger partial charge on any atom is 0.244 e. The van der Waals surface area contributed by atoms with Crippen LogP contribution in [0, 0.1) is 0 Å². The number of para-hydroxylation sites is 1. The fraction of sp³-hybridized carbons (Fsp3) is 0.412. The van der Waals surface area contributed by atoms with Crippen LogP contribution in [0.1, 0.15) is 55.7 Å².